The van der Waals surface area contributed by atoms with E-state index >= 15 is 0 Å². The van der Waals surface area contributed by atoms with Gasteiger partial charge in [-0.2, -0.15) is 0 Å². The van der Waals surface area contributed by atoms with Crippen LogP contribution in [0.3, 0.4) is 0 Å². The van der Waals surface area contributed by atoms with E-state index in [0.717, 1.165) is 17.8 Å². The fourth-order valence-corrected chi connectivity index (χ4v) is 4.05. The second-order valence-corrected chi connectivity index (χ2v) is 8.30. The monoisotopic (exact) mass is 286 g/mol. The molecule has 0 radical (unpaired) electrons. The van der Waals surface area contributed by atoms with Gasteiger partial charge in [0.1, 0.15) is 0 Å². The van der Waals surface area contributed by atoms with Crippen LogP contribution in [0.2, 0.25) is 0 Å². The lowest BCUT2D eigenvalue weighted by atomic mass is 9.83. The maximum absolute atomic E-state index is 3.85. The Bertz CT molecular complexity index is 228. The van der Waals surface area contributed by atoms with Crippen molar-refractivity contribution in [2.45, 2.75) is 70.5 Å². The highest BCUT2D eigenvalue weighted by molar-refractivity contribution is 9.09. The average molecular weight is 287 g/mol. The van der Waals surface area contributed by atoms with Gasteiger partial charge < -0.3 is 0 Å². The van der Waals surface area contributed by atoms with Crippen LogP contribution in [-0.4, -0.2) is 4.83 Å². The van der Waals surface area contributed by atoms with Crippen LogP contribution < -0.4 is 0 Å². The summed E-state index contributed by atoms with van der Waals surface area (Å²) >= 11 is 3.85. The molecule has 2 saturated carbocycles. The lowest BCUT2D eigenvalue weighted by Crippen LogP contribution is -2.20. The SMILES string of the molecule is CC(C)(C)C(Br)CCCC1CC2CCC1C2. The summed E-state index contributed by atoms with van der Waals surface area (Å²) in [5.41, 5.74) is 0.425. The van der Waals surface area contributed by atoms with Gasteiger partial charge in [0.05, 0.1) is 0 Å². The summed E-state index contributed by atoms with van der Waals surface area (Å²) in [7, 11) is 0. The van der Waals surface area contributed by atoms with Crippen LogP contribution >= 0.6 is 15.9 Å². The van der Waals surface area contributed by atoms with Gasteiger partial charge in [0.25, 0.3) is 0 Å². The smallest absolute Gasteiger partial charge is 0.0194 e. The van der Waals surface area contributed by atoms with Crippen molar-refractivity contribution in [2.75, 3.05) is 0 Å². The highest BCUT2D eigenvalue weighted by Gasteiger charge is 2.38. The Kier molecular flexibility index (Phi) is 4.04. The van der Waals surface area contributed by atoms with Gasteiger partial charge in [-0.3, -0.25) is 0 Å². The Hall–Kier alpha value is 0.480. The molecule has 1 heteroatoms. The van der Waals surface area contributed by atoms with Gasteiger partial charge in [-0.25, -0.2) is 0 Å². The second kappa shape index (κ2) is 5.00. The first-order valence-electron chi connectivity index (χ1n) is 7.11. The quantitative estimate of drug-likeness (QED) is 0.607. The maximum Gasteiger partial charge on any atom is 0.0194 e. The molecule has 94 valence electrons. The zero-order chi connectivity index (χ0) is 11.8. The van der Waals surface area contributed by atoms with Crippen molar-refractivity contribution in [1.29, 1.82) is 0 Å². The molecule has 16 heavy (non-hydrogen) atoms. The molecule has 0 saturated heterocycles. The topological polar surface area (TPSA) is 0 Å². The van der Waals surface area contributed by atoms with E-state index < -0.39 is 0 Å². The number of fused-ring (bicyclic) bond motifs is 2. The van der Waals surface area contributed by atoms with Gasteiger partial charge in [-0.15, -0.1) is 0 Å². The molecule has 0 N–H and O–H groups in total. The van der Waals surface area contributed by atoms with Gasteiger partial charge in [-0.1, -0.05) is 56.0 Å². The van der Waals surface area contributed by atoms with Crippen LogP contribution in [0.4, 0.5) is 0 Å². The minimum Gasteiger partial charge on any atom is -0.0885 e. The van der Waals surface area contributed by atoms with Crippen molar-refractivity contribution in [3.05, 3.63) is 0 Å². The lowest BCUT2D eigenvalue weighted by molar-refractivity contribution is 0.295. The molecule has 4 unspecified atom stereocenters. The molecule has 0 aromatic rings. The summed E-state index contributed by atoms with van der Waals surface area (Å²) in [6.45, 7) is 7.01. The molecule has 2 aliphatic carbocycles. The van der Waals surface area contributed by atoms with Gasteiger partial charge in [-0.05, 0) is 48.9 Å². The van der Waals surface area contributed by atoms with Crippen LogP contribution in [0.5, 0.6) is 0 Å². The van der Waals surface area contributed by atoms with Crippen LogP contribution in [0.25, 0.3) is 0 Å². The third kappa shape index (κ3) is 3.03. The molecule has 0 aliphatic heterocycles. The van der Waals surface area contributed by atoms with E-state index in [2.05, 4.69) is 36.7 Å². The van der Waals surface area contributed by atoms with E-state index in [4.69, 9.17) is 0 Å². The van der Waals surface area contributed by atoms with Crippen molar-refractivity contribution in [1.82, 2.24) is 0 Å². The molecule has 2 rings (SSSR count). The number of hydrogen-bond acceptors (Lipinski definition) is 0. The first-order valence-corrected chi connectivity index (χ1v) is 8.02. The van der Waals surface area contributed by atoms with Gasteiger partial charge in [0.15, 0.2) is 0 Å². The zero-order valence-corrected chi connectivity index (χ0v) is 12.7. The molecule has 2 bridgehead atoms. The largest absolute Gasteiger partial charge is 0.0885 e. The fraction of sp³-hybridized carbons (Fsp3) is 1.00. The summed E-state index contributed by atoms with van der Waals surface area (Å²) in [5.74, 6) is 3.34. The Morgan fingerprint density at radius 3 is 2.44 bits per heavy atom. The maximum atomic E-state index is 3.85. The minimum atomic E-state index is 0.425. The standard InChI is InChI=1S/C15H27Br/c1-15(2,3)14(16)6-4-5-12-9-11-7-8-13(12)10-11/h11-14H,4-10H2,1-3H3. The average Bonchev–Trinajstić information content (AvgIpc) is 2.77. The Labute approximate surface area is 110 Å². The molecular formula is C15H27Br. The van der Waals surface area contributed by atoms with Gasteiger partial charge in [0.2, 0.25) is 0 Å². The molecule has 2 aliphatic rings. The molecule has 0 heterocycles. The molecule has 0 nitrogen and oxygen atoms in total. The minimum absolute atomic E-state index is 0.425. The van der Waals surface area contributed by atoms with Crippen molar-refractivity contribution in [3.63, 3.8) is 0 Å². The van der Waals surface area contributed by atoms with Crippen molar-refractivity contribution < 1.29 is 0 Å². The highest BCUT2D eigenvalue weighted by atomic mass is 79.9. The molecule has 2 fully saturated rings. The third-order valence-electron chi connectivity index (χ3n) is 4.86. The zero-order valence-electron chi connectivity index (χ0n) is 11.1. The fourth-order valence-electron chi connectivity index (χ4n) is 3.72. The number of alkyl halides is 1. The van der Waals surface area contributed by atoms with E-state index in [1.54, 1.807) is 25.7 Å². The van der Waals surface area contributed by atoms with E-state index in [1.165, 1.54) is 19.3 Å². The van der Waals surface area contributed by atoms with Crippen LogP contribution in [0.1, 0.15) is 65.7 Å². The summed E-state index contributed by atoms with van der Waals surface area (Å²) in [6.07, 6.45) is 10.5. The Morgan fingerprint density at radius 1 is 1.19 bits per heavy atom. The predicted octanol–water partition coefficient (Wildman–Crippen LogP) is 5.40. The van der Waals surface area contributed by atoms with E-state index in [-0.39, 0.29) is 0 Å². The van der Waals surface area contributed by atoms with Gasteiger partial charge >= 0.3 is 0 Å². The van der Waals surface area contributed by atoms with Crippen molar-refractivity contribution in [2.24, 2.45) is 23.2 Å². The molecule has 4 atom stereocenters. The summed E-state index contributed by atoms with van der Waals surface area (Å²) in [5, 5.41) is 0. The summed E-state index contributed by atoms with van der Waals surface area (Å²) in [6, 6.07) is 0. The first-order chi connectivity index (χ1) is 7.47. The van der Waals surface area contributed by atoms with Crippen LogP contribution in [-0.2, 0) is 0 Å². The number of hydrogen-bond donors (Lipinski definition) is 0. The predicted molar refractivity (Wildman–Crippen MR) is 75.0 cm³/mol. The Balaban J connectivity index is 1.65. The summed E-state index contributed by atoms with van der Waals surface area (Å²) in [4.78, 5) is 0.693. The van der Waals surface area contributed by atoms with Gasteiger partial charge in [0, 0.05) is 4.83 Å². The Morgan fingerprint density at radius 2 is 1.94 bits per heavy atom. The first kappa shape index (κ1) is 12.9. The third-order valence-corrected chi connectivity index (χ3v) is 6.69. The van der Waals surface area contributed by atoms with Crippen molar-refractivity contribution in [3.8, 4) is 0 Å². The normalized spacial score (nSPS) is 35.6. The van der Waals surface area contributed by atoms with Crippen molar-refractivity contribution >= 4 is 15.9 Å². The highest BCUT2D eigenvalue weighted by Crippen LogP contribution is 2.50. The number of halogens is 1. The molecule has 0 spiro atoms. The second-order valence-electron chi connectivity index (χ2n) is 7.20. The molecule has 0 amide bonds. The number of rotatable bonds is 4. The lowest BCUT2D eigenvalue weighted by Gasteiger charge is -2.27. The van der Waals surface area contributed by atoms with Crippen LogP contribution in [0, 0.1) is 23.2 Å². The van der Waals surface area contributed by atoms with E-state index in [1.807, 2.05) is 0 Å². The van der Waals surface area contributed by atoms with Crippen LogP contribution in [0.15, 0.2) is 0 Å². The van der Waals surface area contributed by atoms with E-state index in [9.17, 15) is 0 Å². The summed E-state index contributed by atoms with van der Waals surface area (Å²) < 4.78 is 0. The molecular weight excluding hydrogens is 260 g/mol. The molecule has 0 aromatic heterocycles. The van der Waals surface area contributed by atoms with E-state index in [0.29, 0.717) is 10.2 Å². The molecule has 0 aromatic carbocycles.